The van der Waals surface area contributed by atoms with Crippen LogP contribution in [0.3, 0.4) is 0 Å². The molecule has 0 aliphatic carbocycles. The summed E-state index contributed by atoms with van der Waals surface area (Å²) in [5.74, 6) is -1.05. The molecule has 29 heavy (non-hydrogen) atoms. The Balaban J connectivity index is 2.02. The number of aryl methyl sites for hydroxylation is 4. The number of hydrogen-bond acceptors (Lipinski definition) is 5. The number of anilines is 1. The minimum Gasteiger partial charge on any atom is -0.478 e. The summed E-state index contributed by atoms with van der Waals surface area (Å²) in [6.07, 6.45) is 1.26. The maximum absolute atomic E-state index is 13.1. The third-order valence-electron chi connectivity index (χ3n) is 4.72. The van der Waals surface area contributed by atoms with Crippen molar-refractivity contribution in [2.45, 2.75) is 47.1 Å². The molecule has 0 spiro atoms. The summed E-state index contributed by atoms with van der Waals surface area (Å²) in [5.41, 5.74) is 3.14. The summed E-state index contributed by atoms with van der Waals surface area (Å²) in [4.78, 5) is 42.2. The molecule has 1 amide bonds. The number of carbonyl (C=O) groups excluding carboxylic acids is 1. The number of aromatic nitrogens is 2. The van der Waals surface area contributed by atoms with Gasteiger partial charge in [-0.2, -0.15) is 0 Å². The van der Waals surface area contributed by atoms with E-state index in [0.717, 1.165) is 40.1 Å². The maximum Gasteiger partial charge on any atom is 0.337 e. The Morgan fingerprint density at radius 3 is 2.45 bits per heavy atom. The predicted molar refractivity (Wildman–Crippen MR) is 114 cm³/mol. The van der Waals surface area contributed by atoms with Crippen molar-refractivity contribution < 1.29 is 14.7 Å². The van der Waals surface area contributed by atoms with Crippen molar-refractivity contribution >= 4 is 39.1 Å². The summed E-state index contributed by atoms with van der Waals surface area (Å²) >= 11 is 1.13. The monoisotopic (exact) mass is 413 g/mol. The third kappa shape index (κ3) is 4.07. The molecule has 2 aromatic heterocycles. The van der Waals surface area contributed by atoms with E-state index < -0.39 is 11.5 Å². The highest BCUT2D eigenvalue weighted by Crippen LogP contribution is 2.23. The summed E-state index contributed by atoms with van der Waals surface area (Å²) in [7, 11) is 0. The molecule has 0 fully saturated rings. The molecule has 0 saturated carbocycles. The minimum atomic E-state index is -1.18. The number of hydrogen-bond donors (Lipinski definition) is 2. The summed E-state index contributed by atoms with van der Waals surface area (Å²) in [6.45, 7) is 7.56. The Bertz CT molecular complexity index is 1150. The Labute approximate surface area is 172 Å². The minimum absolute atomic E-state index is 0.0536. The van der Waals surface area contributed by atoms with E-state index in [1.807, 2.05) is 39.8 Å². The van der Waals surface area contributed by atoms with Crippen LogP contribution in [0.25, 0.3) is 10.2 Å². The normalized spacial score (nSPS) is 11.0. The molecular formula is C21H23N3O4S. The van der Waals surface area contributed by atoms with E-state index in [9.17, 15) is 19.5 Å². The number of aromatic carboxylic acids is 1. The van der Waals surface area contributed by atoms with Crippen LogP contribution in [0.4, 0.5) is 5.69 Å². The Hall–Kier alpha value is -3.00. The highest BCUT2D eigenvalue weighted by atomic mass is 32.1. The molecule has 8 heteroatoms. The molecule has 0 aliphatic heterocycles. The van der Waals surface area contributed by atoms with E-state index in [4.69, 9.17) is 0 Å². The third-order valence-corrected chi connectivity index (χ3v) is 5.59. The van der Waals surface area contributed by atoms with Crippen molar-refractivity contribution in [2.75, 3.05) is 5.32 Å². The summed E-state index contributed by atoms with van der Waals surface area (Å²) in [5, 5.41) is 13.7. The average Bonchev–Trinajstić information content (AvgIpc) is 3.06. The van der Waals surface area contributed by atoms with Gasteiger partial charge in [0.15, 0.2) is 0 Å². The van der Waals surface area contributed by atoms with Crippen molar-refractivity contribution in [3.8, 4) is 0 Å². The Kier molecular flexibility index (Phi) is 5.83. The van der Waals surface area contributed by atoms with Gasteiger partial charge in [0, 0.05) is 17.5 Å². The number of carbonyl (C=O) groups is 2. The van der Waals surface area contributed by atoms with E-state index in [2.05, 4.69) is 10.3 Å². The molecule has 2 heterocycles. The molecule has 2 N–H and O–H groups in total. The van der Waals surface area contributed by atoms with Gasteiger partial charge in [-0.15, -0.1) is 11.3 Å². The molecule has 3 aromatic rings. The second kappa shape index (κ2) is 8.16. The van der Waals surface area contributed by atoms with E-state index in [1.54, 1.807) is 0 Å². The number of carboxylic acid groups (broad SMARTS) is 1. The van der Waals surface area contributed by atoms with Gasteiger partial charge in [0.25, 0.3) is 5.56 Å². The first-order chi connectivity index (χ1) is 13.7. The first kappa shape index (κ1) is 20.7. The van der Waals surface area contributed by atoms with Crippen molar-refractivity contribution in [1.29, 1.82) is 0 Å². The topological polar surface area (TPSA) is 101 Å². The molecule has 3 rings (SSSR count). The zero-order valence-electron chi connectivity index (χ0n) is 16.8. The predicted octanol–water partition coefficient (Wildman–Crippen LogP) is 3.67. The highest BCUT2D eigenvalue weighted by Gasteiger charge is 2.21. The molecule has 0 unspecified atom stereocenters. The van der Waals surface area contributed by atoms with Crippen LogP contribution < -0.4 is 10.9 Å². The van der Waals surface area contributed by atoms with Crippen molar-refractivity contribution in [3.05, 3.63) is 55.9 Å². The van der Waals surface area contributed by atoms with Gasteiger partial charge in [-0.05, 0) is 38.3 Å². The number of amides is 1. The number of rotatable bonds is 6. The fourth-order valence-electron chi connectivity index (χ4n) is 3.50. The van der Waals surface area contributed by atoms with E-state index >= 15 is 0 Å². The zero-order valence-corrected chi connectivity index (χ0v) is 17.6. The highest BCUT2D eigenvalue weighted by molar-refractivity contribution is 7.17. The molecule has 7 nitrogen and oxygen atoms in total. The molecule has 0 atom stereocenters. The summed E-state index contributed by atoms with van der Waals surface area (Å²) < 4.78 is 1.29. The second-order valence-corrected chi connectivity index (χ2v) is 7.98. The molecular weight excluding hydrogens is 390 g/mol. The van der Waals surface area contributed by atoms with E-state index in [0.29, 0.717) is 17.1 Å². The van der Waals surface area contributed by atoms with Crippen LogP contribution in [-0.2, 0) is 17.8 Å². The first-order valence-electron chi connectivity index (χ1n) is 9.34. The molecule has 1 aromatic carbocycles. The van der Waals surface area contributed by atoms with Gasteiger partial charge in [-0.3, -0.25) is 14.2 Å². The fraction of sp³-hybridized carbons (Fsp3) is 0.333. The quantitative estimate of drug-likeness (QED) is 0.642. The number of nitrogens with zero attached hydrogens (tertiary/aromatic N) is 2. The largest absolute Gasteiger partial charge is 0.478 e. The Morgan fingerprint density at radius 2 is 1.86 bits per heavy atom. The summed E-state index contributed by atoms with van der Waals surface area (Å²) in [6, 6.07) is 3.96. The van der Waals surface area contributed by atoms with Crippen LogP contribution >= 0.6 is 11.3 Å². The lowest BCUT2D eigenvalue weighted by Crippen LogP contribution is -2.31. The van der Waals surface area contributed by atoms with E-state index in [1.165, 1.54) is 9.95 Å². The van der Waals surface area contributed by atoms with Crippen LogP contribution in [0.15, 0.2) is 22.3 Å². The lowest BCUT2D eigenvalue weighted by Gasteiger charge is -2.15. The van der Waals surface area contributed by atoms with Crippen LogP contribution in [-0.4, -0.2) is 26.5 Å². The van der Waals surface area contributed by atoms with Gasteiger partial charge >= 0.3 is 5.97 Å². The molecule has 0 bridgehead atoms. The van der Waals surface area contributed by atoms with Gasteiger partial charge in [0.2, 0.25) is 5.91 Å². The number of nitrogens with one attached hydrogen (secondary N) is 1. The second-order valence-electron chi connectivity index (χ2n) is 7.13. The van der Waals surface area contributed by atoms with Crippen molar-refractivity contribution in [3.63, 3.8) is 0 Å². The molecule has 152 valence electrons. The fourth-order valence-corrected chi connectivity index (χ4v) is 4.42. The molecule has 0 radical (unpaired) electrons. The van der Waals surface area contributed by atoms with Crippen molar-refractivity contribution in [2.24, 2.45) is 0 Å². The average molecular weight is 413 g/mol. The number of benzene rings is 1. The van der Waals surface area contributed by atoms with E-state index in [-0.39, 0.29) is 23.4 Å². The number of fused-ring (bicyclic) bond motifs is 1. The van der Waals surface area contributed by atoms with Gasteiger partial charge < -0.3 is 10.4 Å². The standard InChI is InChI=1S/C21H23N3O4S/c1-5-6-15-22-19-17(14(10-29-19)21(27)28)20(26)24(15)9-16(25)23-18-12(3)7-11(2)8-13(18)4/h7-8,10H,5-6,9H2,1-4H3,(H,23,25)(H,27,28). The Morgan fingerprint density at radius 1 is 1.21 bits per heavy atom. The number of carboxylic acids is 1. The zero-order chi connectivity index (χ0) is 21.3. The van der Waals surface area contributed by atoms with Crippen LogP contribution in [0.2, 0.25) is 0 Å². The smallest absolute Gasteiger partial charge is 0.337 e. The first-order valence-corrected chi connectivity index (χ1v) is 10.2. The van der Waals surface area contributed by atoms with Gasteiger partial charge in [-0.1, -0.05) is 24.6 Å². The lowest BCUT2D eigenvalue weighted by molar-refractivity contribution is -0.116. The van der Waals surface area contributed by atoms with Crippen LogP contribution in [0, 0.1) is 20.8 Å². The van der Waals surface area contributed by atoms with Gasteiger partial charge in [-0.25, -0.2) is 9.78 Å². The maximum atomic E-state index is 13.1. The lowest BCUT2D eigenvalue weighted by atomic mass is 10.1. The molecule has 0 aliphatic rings. The van der Waals surface area contributed by atoms with Gasteiger partial charge in [0.05, 0.1) is 10.9 Å². The molecule has 0 saturated heterocycles. The van der Waals surface area contributed by atoms with Crippen LogP contribution in [0.1, 0.15) is 46.2 Å². The van der Waals surface area contributed by atoms with Crippen molar-refractivity contribution in [1.82, 2.24) is 9.55 Å². The van der Waals surface area contributed by atoms with Gasteiger partial charge in [0.1, 0.15) is 17.2 Å². The SMILES string of the molecule is CCCc1nc2scc(C(=O)O)c2c(=O)n1CC(=O)Nc1c(C)cc(C)cc1C. The number of thiophene rings is 1. The van der Waals surface area contributed by atoms with Crippen LogP contribution in [0.5, 0.6) is 0 Å².